The van der Waals surface area contributed by atoms with Gasteiger partial charge in [-0.25, -0.2) is 4.79 Å². The van der Waals surface area contributed by atoms with E-state index in [0.717, 1.165) is 5.56 Å². The first-order valence-electron chi connectivity index (χ1n) is 11.3. The third kappa shape index (κ3) is 5.95. The van der Waals surface area contributed by atoms with Crippen LogP contribution in [0.4, 0.5) is 31.1 Å². The maximum Gasteiger partial charge on any atom is 0.416 e. The number of urea groups is 1. The molecule has 1 saturated heterocycles. The van der Waals surface area contributed by atoms with Gasteiger partial charge in [0.15, 0.2) is 0 Å². The molecule has 0 radical (unpaired) electrons. The fraction of sp³-hybridized carbons (Fsp3) is 0.400. The maximum atomic E-state index is 13.2. The van der Waals surface area contributed by atoms with Crippen LogP contribution < -0.4 is 0 Å². The van der Waals surface area contributed by atoms with Gasteiger partial charge >= 0.3 is 18.4 Å². The number of rotatable bonds is 4. The summed E-state index contributed by atoms with van der Waals surface area (Å²) in [5.41, 5.74) is -2.10. The first-order chi connectivity index (χ1) is 16.9. The molecule has 0 N–H and O–H groups in total. The molecule has 2 atom stereocenters. The lowest BCUT2D eigenvalue weighted by atomic mass is 9.88. The minimum atomic E-state index is -4.92. The molecule has 2 amide bonds. The van der Waals surface area contributed by atoms with Crippen molar-refractivity contribution >= 4 is 6.03 Å². The van der Waals surface area contributed by atoms with Crippen LogP contribution in [0.1, 0.15) is 34.6 Å². The topological polar surface area (TPSA) is 36.0 Å². The highest BCUT2D eigenvalue weighted by atomic mass is 19.4. The van der Waals surface area contributed by atoms with Crippen LogP contribution in [0.2, 0.25) is 0 Å². The number of alkyl halides is 6. The molecule has 2 heterocycles. The van der Waals surface area contributed by atoms with Gasteiger partial charge in [-0.05, 0) is 35.7 Å². The highest BCUT2D eigenvalue weighted by Gasteiger charge is 2.38. The third-order valence-corrected chi connectivity index (χ3v) is 6.28. The molecule has 2 aliphatic rings. The van der Waals surface area contributed by atoms with Crippen molar-refractivity contribution in [3.63, 3.8) is 0 Å². The van der Waals surface area contributed by atoms with E-state index in [-0.39, 0.29) is 23.6 Å². The van der Waals surface area contributed by atoms with Crippen molar-refractivity contribution in [3.05, 3.63) is 83.2 Å². The average Bonchev–Trinajstić information content (AvgIpc) is 3.27. The summed E-state index contributed by atoms with van der Waals surface area (Å²) in [6, 6.07) is 10.5. The molecular formula is C25H25F6N3O2. The Bertz CT molecular complexity index is 1070. The summed E-state index contributed by atoms with van der Waals surface area (Å²) in [6.45, 7) is 0.645. The molecule has 0 aromatic heterocycles. The highest BCUT2D eigenvalue weighted by Crippen LogP contribution is 2.37. The number of amides is 2. The monoisotopic (exact) mass is 513 g/mol. The first kappa shape index (κ1) is 25.9. The van der Waals surface area contributed by atoms with Crippen molar-refractivity contribution in [1.82, 2.24) is 14.7 Å². The number of halogens is 6. The van der Waals surface area contributed by atoms with Crippen LogP contribution in [0.25, 0.3) is 0 Å². The van der Waals surface area contributed by atoms with Crippen LogP contribution in [0, 0.1) is 0 Å². The molecule has 2 aliphatic heterocycles. The van der Waals surface area contributed by atoms with Gasteiger partial charge in [-0.1, -0.05) is 30.3 Å². The van der Waals surface area contributed by atoms with Crippen LogP contribution in [0.5, 0.6) is 0 Å². The van der Waals surface area contributed by atoms with Gasteiger partial charge in [0.1, 0.15) is 0 Å². The van der Waals surface area contributed by atoms with Gasteiger partial charge in [0.2, 0.25) is 0 Å². The van der Waals surface area contributed by atoms with E-state index in [9.17, 15) is 31.1 Å². The van der Waals surface area contributed by atoms with Crippen LogP contribution in [0.3, 0.4) is 0 Å². The summed E-state index contributed by atoms with van der Waals surface area (Å²) >= 11 is 0. The Morgan fingerprint density at radius 2 is 1.61 bits per heavy atom. The van der Waals surface area contributed by atoms with E-state index in [1.54, 1.807) is 22.2 Å². The predicted molar refractivity (Wildman–Crippen MR) is 119 cm³/mol. The zero-order chi connectivity index (χ0) is 26.1. The number of benzene rings is 2. The van der Waals surface area contributed by atoms with E-state index in [0.29, 0.717) is 38.3 Å². The second kappa shape index (κ2) is 10.0. The fourth-order valence-corrected chi connectivity index (χ4v) is 4.46. The maximum absolute atomic E-state index is 13.2. The minimum Gasteiger partial charge on any atom is -0.373 e. The zero-order valence-electron chi connectivity index (χ0n) is 19.4. The molecule has 1 fully saturated rings. The number of hydrogen-bond acceptors (Lipinski definition) is 3. The van der Waals surface area contributed by atoms with Crippen LogP contribution >= 0.6 is 0 Å². The molecule has 2 aromatic carbocycles. The van der Waals surface area contributed by atoms with Gasteiger partial charge in [0.25, 0.3) is 0 Å². The molecule has 2 unspecified atom stereocenters. The van der Waals surface area contributed by atoms with Crippen molar-refractivity contribution in [2.24, 2.45) is 0 Å². The fourth-order valence-electron chi connectivity index (χ4n) is 4.46. The Morgan fingerprint density at radius 1 is 0.972 bits per heavy atom. The molecule has 36 heavy (non-hydrogen) atoms. The Hall–Kier alpha value is -3.21. The van der Waals surface area contributed by atoms with Gasteiger partial charge in [-0.2, -0.15) is 26.3 Å². The minimum absolute atomic E-state index is 0.102. The number of carbonyl (C=O) groups is 1. The SMILES string of the molecule is CN1C=CN(C(=O)N2CCC(OCc3cc(C(F)(F)F)cc(C(F)(F)F)c3)C(c3ccccc3)C2)C1. The molecule has 11 heteroatoms. The number of carbonyl (C=O) groups excluding carboxylic acids is 1. The van der Waals surface area contributed by atoms with Gasteiger partial charge in [-0.3, -0.25) is 4.90 Å². The summed E-state index contributed by atoms with van der Waals surface area (Å²) in [4.78, 5) is 18.1. The lowest BCUT2D eigenvalue weighted by molar-refractivity contribution is -0.143. The van der Waals surface area contributed by atoms with Gasteiger partial charge in [-0.15, -0.1) is 0 Å². The van der Waals surface area contributed by atoms with Crippen molar-refractivity contribution in [3.8, 4) is 0 Å². The van der Waals surface area contributed by atoms with E-state index in [4.69, 9.17) is 4.74 Å². The number of likely N-dealkylation sites (tertiary alicyclic amines) is 1. The predicted octanol–water partition coefficient (Wildman–Crippen LogP) is 5.90. The number of hydrogen-bond donors (Lipinski definition) is 0. The second-order valence-corrected chi connectivity index (χ2v) is 8.96. The summed E-state index contributed by atoms with van der Waals surface area (Å²) in [6.07, 6.45) is -6.50. The zero-order valence-corrected chi connectivity index (χ0v) is 19.4. The third-order valence-electron chi connectivity index (χ3n) is 6.28. The van der Waals surface area contributed by atoms with E-state index in [2.05, 4.69) is 0 Å². The normalized spacial score (nSPS) is 20.8. The Morgan fingerprint density at radius 3 is 2.17 bits per heavy atom. The van der Waals surface area contributed by atoms with Gasteiger partial charge in [0.05, 0.1) is 30.5 Å². The first-order valence-corrected chi connectivity index (χ1v) is 11.3. The lowest BCUT2D eigenvalue weighted by Crippen LogP contribution is -2.49. The van der Waals surface area contributed by atoms with Crippen molar-refractivity contribution in [2.75, 3.05) is 26.8 Å². The molecular weight excluding hydrogens is 488 g/mol. The smallest absolute Gasteiger partial charge is 0.373 e. The molecule has 5 nitrogen and oxygen atoms in total. The molecule has 2 aromatic rings. The molecule has 0 aliphatic carbocycles. The van der Waals surface area contributed by atoms with Gasteiger partial charge < -0.3 is 14.5 Å². The van der Waals surface area contributed by atoms with E-state index < -0.39 is 36.2 Å². The number of piperidine rings is 1. The molecule has 194 valence electrons. The number of nitrogens with zero attached hydrogens (tertiary/aromatic N) is 3. The molecule has 0 spiro atoms. The Labute approximate surface area is 204 Å². The largest absolute Gasteiger partial charge is 0.416 e. The molecule has 0 saturated carbocycles. The lowest BCUT2D eigenvalue weighted by Gasteiger charge is -2.40. The van der Waals surface area contributed by atoms with Crippen LogP contribution in [-0.4, -0.2) is 53.6 Å². The van der Waals surface area contributed by atoms with Crippen molar-refractivity contribution in [2.45, 2.75) is 37.4 Å². The molecule has 0 bridgehead atoms. The van der Waals surface area contributed by atoms with Crippen LogP contribution in [-0.2, 0) is 23.7 Å². The Balaban J connectivity index is 1.53. The van der Waals surface area contributed by atoms with E-state index in [1.165, 1.54) is 0 Å². The highest BCUT2D eigenvalue weighted by molar-refractivity contribution is 5.76. The Kier molecular flexibility index (Phi) is 7.21. The number of ether oxygens (including phenoxy) is 1. The van der Waals surface area contributed by atoms with Crippen molar-refractivity contribution in [1.29, 1.82) is 0 Å². The van der Waals surface area contributed by atoms with Crippen molar-refractivity contribution < 1.29 is 35.9 Å². The van der Waals surface area contributed by atoms with Gasteiger partial charge in [0, 0.05) is 38.5 Å². The summed E-state index contributed by atoms with van der Waals surface area (Å²) in [5, 5.41) is 0. The summed E-state index contributed by atoms with van der Waals surface area (Å²) < 4.78 is 85.3. The molecule has 4 rings (SSSR count). The summed E-state index contributed by atoms with van der Waals surface area (Å²) in [7, 11) is 1.84. The second-order valence-electron chi connectivity index (χ2n) is 8.96. The standard InChI is InChI=1S/C25H25F6N3O2/c1-32-9-10-34(16-32)23(35)33-8-7-22(21(14-33)18-5-3-2-4-6-18)36-15-17-11-19(24(26,27)28)13-20(12-17)25(29,30)31/h2-6,9-13,21-22H,7-8,14-16H2,1H3. The quantitative estimate of drug-likeness (QED) is 0.478. The average molecular weight is 513 g/mol. The van der Waals surface area contributed by atoms with Crippen LogP contribution in [0.15, 0.2) is 60.9 Å². The summed E-state index contributed by atoms with van der Waals surface area (Å²) in [5.74, 6) is -0.305. The van der Waals surface area contributed by atoms with E-state index >= 15 is 0 Å². The van der Waals surface area contributed by atoms with E-state index in [1.807, 2.05) is 42.3 Å².